The number of amides is 3. The van der Waals surface area contributed by atoms with Gasteiger partial charge in [0, 0.05) is 30.9 Å². The highest BCUT2D eigenvalue weighted by Gasteiger charge is 2.34. The SMILES string of the molecule is O=C(NCCN1C(=O)S/C(=C\c2cccnc2)C1=O)c1cc(-c2ccco2)nc2ccccc12. The number of pyridine rings is 2. The van der Waals surface area contributed by atoms with Crippen molar-refractivity contribution in [3.8, 4) is 11.5 Å². The van der Waals surface area contributed by atoms with E-state index in [1.165, 1.54) is 0 Å². The van der Waals surface area contributed by atoms with E-state index in [1.54, 1.807) is 55.1 Å². The fourth-order valence-electron chi connectivity index (χ4n) is 3.60. The lowest BCUT2D eigenvalue weighted by atomic mass is 10.1. The summed E-state index contributed by atoms with van der Waals surface area (Å²) in [6, 6.07) is 16.1. The lowest BCUT2D eigenvalue weighted by Gasteiger charge is -2.14. The Morgan fingerprint density at radius 2 is 2.00 bits per heavy atom. The number of para-hydroxylation sites is 1. The lowest BCUT2D eigenvalue weighted by molar-refractivity contribution is -0.122. The van der Waals surface area contributed by atoms with Gasteiger partial charge in [-0.25, -0.2) is 4.98 Å². The first-order valence-corrected chi connectivity index (χ1v) is 11.3. The molecular weight excluding hydrogens is 452 g/mol. The van der Waals surface area contributed by atoms with Gasteiger partial charge in [-0.05, 0) is 53.7 Å². The lowest BCUT2D eigenvalue weighted by Crippen LogP contribution is -2.37. The minimum Gasteiger partial charge on any atom is -0.463 e. The number of furan rings is 1. The zero-order chi connectivity index (χ0) is 23.5. The molecule has 168 valence electrons. The Kier molecular flexibility index (Phi) is 5.92. The van der Waals surface area contributed by atoms with Crippen LogP contribution in [-0.2, 0) is 4.79 Å². The van der Waals surface area contributed by atoms with Crippen molar-refractivity contribution in [2.45, 2.75) is 0 Å². The molecule has 1 aliphatic rings. The van der Waals surface area contributed by atoms with Gasteiger partial charge in [-0.1, -0.05) is 24.3 Å². The number of carbonyl (C=O) groups excluding carboxylic acids is 3. The van der Waals surface area contributed by atoms with Crippen molar-refractivity contribution in [1.82, 2.24) is 20.2 Å². The second-order valence-corrected chi connectivity index (χ2v) is 8.42. The molecule has 1 N–H and O–H groups in total. The fourth-order valence-corrected chi connectivity index (χ4v) is 4.46. The fraction of sp³-hybridized carbons (Fsp3) is 0.0800. The van der Waals surface area contributed by atoms with Gasteiger partial charge < -0.3 is 9.73 Å². The van der Waals surface area contributed by atoms with E-state index in [1.807, 2.05) is 24.3 Å². The number of hydrogen-bond acceptors (Lipinski definition) is 7. The van der Waals surface area contributed by atoms with Crippen LogP contribution < -0.4 is 5.32 Å². The molecule has 5 rings (SSSR count). The standard InChI is InChI=1S/C25H18N4O4S/c30-23(18-14-20(21-8-4-12-33-21)28-19-7-2-1-6-17(18)19)27-10-11-29-24(31)22(34-25(29)32)13-16-5-3-9-26-15-16/h1-9,12-15H,10-11H2,(H,27,30)/b22-13-. The molecule has 34 heavy (non-hydrogen) atoms. The molecule has 9 heteroatoms. The molecule has 0 bridgehead atoms. The van der Waals surface area contributed by atoms with Crippen LogP contribution in [0.3, 0.4) is 0 Å². The van der Waals surface area contributed by atoms with Crippen LogP contribution >= 0.6 is 11.8 Å². The second kappa shape index (κ2) is 9.32. The van der Waals surface area contributed by atoms with Gasteiger partial charge in [0.25, 0.3) is 17.1 Å². The zero-order valence-electron chi connectivity index (χ0n) is 17.8. The summed E-state index contributed by atoms with van der Waals surface area (Å²) in [6.07, 6.45) is 6.43. The Hall–Kier alpha value is -4.24. The first-order chi connectivity index (χ1) is 16.6. The van der Waals surface area contributed by atoms with Crippen LogP contribution in [0.25, 0.3) is 28.4 Å². The van der Waals surface area contributed by atoms with Gasteiger partial charge in [0.2, 0.25) is 0 Å². The predicted molar refractivity (Wildman–Crippen MR) is 129 cm³/mol. The monoisotopic (exact) mass is 470 g/mol. The summed E-state index contributed by atoms with van der Waals surface area (Å²) in [6.45, 7) is 0.179. The highest BCUT2D eigenvalue weighted by molar-refractivity contribution is 8.18. The summed E-state index contributed by atoms with van der Waals surface area (Å²) in [5.74, 6) is -0.162. The molecule has 3 amide bonds. The number of imide groups is 1. The molecule has 1 aliphatic heterocycles. The summed E-state index contributed by atoms with van der Waals surface area (Å²) in [7, 11) is 0. The Balaban J connectivity index is 1.30. The minimum absolute atomic E-state index is 0.0643. The smallest absolute Gasteiger partial charge is 0.293 e. The van der Waals surface area contributed by atoms with E-state index >= 15 is 0 Å². The first kappa shape index (κ1) is 21.6. The maximum Gasteiger partial charge on any atom is 0.293 e. The molecular formula is C25H18N4O4S. The van der Waals surface area contributed by atoms with Crippen molar-refractivity contribution in [3.05, 3.63) is 89.3 Å². The highest BCUT2D eigenvalue weighted by atomic mass is 32.2. The third-order valence-corrected chi connectivity index (χ3v) is 6.12. The van der Waals surface area contributed by atoms with E-state index in [0.717, 1.165) is 22.2 Å². The van der Waals surface area contributed by atoms with Crippen molar-refractivity contribution in [3.63, 3.8) is 0 Å². The highest BCUT2D eigenvalue weighted by Crippen LogP contribution is 2.32. The van der Waals surface area contributed by atoms with Crippen molar-refractivity contribution in [2.24, 2.45) is 0 Å². The van der Waals surface area contributed by atoms with E-state index in [4.69, 9.17) is 4.42 Å². The number of nitrogens with one attached hydrogen (secondary N) is 1. The number of fused-ring (bicyclic) bond motifs is 1. The molecule has 8 nitrogen and oxygen atoms in total. The average molecular weight is 471 g/mol. The first-order valence-electron chi connectivity index (χ1n) is 10.5. The number of rotatable bonds is 6. The topological polar surface area (TPSA) is 105 Å². The third-order valence-electron chi connectivity index (χ3n) is 5.21. The van der Waals surface area contributed by atoms with Crippen molar-refractivity contribution in [2.75, 3.05) is 13.1 Å². The van der Waals surface area contributed by atoms with Crippen LogP contribution in [0, 0.1) is 0 Å². The van der Waals surface area contributed by atoms with Crippen LogP contribution in [0.1, 0.15) is 15.9 Å². The molecule has 0 radical (unpaired) electrons. The molecule has 0 saturated carbocycles. The van der Waals surface area contributed by atoms with Gasteiger partial charge in [-0.15, -0.1) is 0 Å². The summed E-state index contributed by atoms with van der Waals surface area (Å²) in [5, 5.41) is 3.14. The normalized spacial score (nSPS) is 14.8. The molecule has 3 aromatic heterocycles. The van der Waals surface area contributed by atoms with E-state index in [-0.39, 0.29) is 30.1 Å². The number of benzene rings is 1. The summed E-state index contributed by atoms with van der Waals surface area (Å²) < 4.78 is 5.44. The largest absolute Gasteiger partial charge is 0.463 e. The van der Waals surface area contributed by atoms with Gasteiger partial charge in [-0.2, -0.15) is 0 Å². The van der Waals surface area contributed by atoms with Gasteiger partial charge >= 0.3 is 0 Å². The van der Waals surface area contributed by atoms with Crippen LogP contribution in [-0.4, -0.2) is 45.0 Å². The van der Waals surface area contributed by atoms with E-state index in [9.17, 15) is 14.4 Å². The second-order valence-electron chi connectivity index (χ2n) is 7.43. The molecule has 1 aromatic carbocycles. The van der Waals surface area contributed by atoms with Gasteiger partial charge in [0.15, 0.2) is 5.76 Å². The maximum absolute atomic E-state index is 13.0. The van der Waals surface area contributed by atoms with Gasteiger partial charge in [0.05, 0.1) is 22.2 Å². The number of carbonyl (C=O) groups is 3. The molecule has 1 saturated heterocycles. The Morgan fingerprint density at radius 1 is 1.12 bits per heavy atom. The Morgan fingerprint density at radius 3 is 2.79 bits per heavy atom. The van der Waals surface area contributed by atoms with Crippen LogP contribution in [0.4, 0.5) is 4.79 Å². The number of aromatic nitrogens is 2. The van der Waals surface area contributed by atoms with Crippen molar-refractivity contribution in [1.29, 1.82) is 0 Å². The van der Waals surface area contributed by atoms with E-state index in [0.29, 0.717) is 32.8 Å². The molecule has 4 aromatic rings. The van der Waals surface area contributed by atoms with Gasteiger partial charge in [-0.3, -0.25) is 24.3 Å². The Labute approximate surface area is 198 Å². The summed E-state index contributed by atoms with van der Waals surface area (Å²) in [5.41, 5.74) is 2.37. The molecule has 0 spiro atoms. The van der Waals surface area contributed by atoms with Crippen LogP contribution in [0.15, 0.2) is 82.6 Å². The number of thioether (sulfide) groups is 1. The average Bonchev–Trinajstić information content (AvgIpc) is 3.48. The third kappa shape index (κ3) is 4.33. The summed E-state index contributed by atoms with van der Waals surface area (Å²) in [4.78, 5) is 48.1. The number of nitrogens with zero attached hydrogens (tertiary/aromatic N) is 3. The molecule has 0 atom stereocenters. The Bertz CT molecular complexity index is 1420. The van der Waals surface area contributed by atoms with E-state index in [2.05, 4.69) is 15.3 Å². The van der Waals surface area contributed by atoms with Gasteiger partial charge in [0.1, 0.15) is 5.69 Å². The molecule has 1 fully saturated rings. The maximum atomic E-state index is 13.0. The molecule has 0 unspecified atom stereocenters. The van der Waals surface area contributed by atoms with E-state index < -0.39 is 0 Å². The van der Waals surface area contributed by atoms with Crippen LogP contribution in [0.5, 0.6) is 0 Å². The summed E-state index contributed by atoms with van der Waals surface area (Å²) >= 11 is 0.874. The predicted octanol–water partition coefficient (Wildman–Crippen LogP) is 4.36. The van der Waals surface area contributed by atoms with Crippen LogP contribution in [0.2, 0.25) is 0 Å². The quantitative estimate of drug-likeness (QED) is 0.418. The minimum atomic E-state index is -0.387. The van der Waals surface area contributed by atoms with Crippen molar-refractivity contribution < 1.29 is 18.8 Å². The zero-order valence-corrected chi connectivity index (χ0v) is 18.6. The molecule has 0 aliphatic carbocycles. The number of hydrogen-bond donors (Lipinski definition) is 1. The molecule has 4 heterocycles. The van der Waals surface area contributed by atoms with Crippen molar-refractivity contribution >= 4 is 45.8 Å².